The summed E-state index contributed by atoms with van der Waals surface area (Å²) in [5.41, 5.74) is 10.2. The molecule has 0 unspecified atom stereocenters. The van der Waals surface area contributed by atoms with E-state index in [0.29, 0.717) is 23.7 Å². The number of methoxy groups -OCH3 is 1. The third-order valence-corrected chi connectivity index (χ3v) is 6.58. The molecule has 0 radical (unpaired) electrons. The van der Waals surface area contributed by atoms with Gasteiger partial charge in [0.15, 0.2) is 5.65 Å². The standard InChI is InChI=1S/C26H29N7O2/c1-32-13-11-19(12-14-32)33-25-22(24(27)29-16-30-25)23(31-33)18-9-7-17(8-10-18)15-28-26(34)20-5-3-4-6-21(20)35-2/h3-10,16,19H,11-15H2,1-2H3,(H,28,34)(H2,27,29,30). The molecule has 3 heterocycles. The van der Waals surface area contributed by atoms with Crippen molar-refractivity contribution < 1.29 is 9.53 Å². The van der Waals surface area contributed by atoms with E-state index in [-0.39, 0.29) is 11.9 Å². The molecule has 0 bridgehead atoms. The van der Waals surface area contributed by atoms with Crippen molar-refractivity contribution in [3.05, 3.63) is 66.0 Å². The fourth-order valence-electron chi connectivity index (χ4n) is 4.58. The topological polar surface area (TPSA) is 111 Å². The highest BCUT2D eigenvalue weighted by molar-refractivity contribution is 5.98. The molecule has 1 saturated heterocycles. The lowest BCUT2D eigenvalue weighted by Gasteiger charge is -2.29. The van der Waals surface area contributed by atoms with Gasteiger partial charge in [-0.2, -0.15) is 5.10 Å². The largest absolute Gasteiger partial charge is 0.496 e. The molecule has 0 spiro atoms. The van der Waals surface area contributed by atoms with Gasteiger partial charge in [0, 0.05) is 12.1 Å². The zero-order valence-corrected chi connectivity index (χ0v) is 19.9. The van der Waals surface area contributed by atoms with Crippen LogP contribution in [0.15, 0.2) is 54.9 Å². The minimum absolute atomic E-state index is 0.181. The third-order valence-electron chi connectivity index (χ3n) is 6.58. The summed E-state index contributed by atoms with van der Waals surface area (Å²) in [5.74, 6) is 0.795. The summed E-state index contributed by atoms with van der Waals surface area (Å²) < 4.78 is 7.31. The highest BCUT2D eigenvalue weighted by Gasteiger charge is 2.25. The Morgan fingerprint density at radius 2 is 1.86 bits per heavy atom. The molecule has 5 rings (SSSR count). The maximum atomic E-state index is 12.6. The van der Waals surface area contributed by atoms with Crippen molar-refractivity contribution in [2.45, 2.75) is 25.4 Å². The van der Waals surface area contributed by atoms with Gasteiger partial charge in [-0.1, -0.05) is 36.4 Å². The molecule has 35 heavy (non-hydrogen) atoms. The van der Waals surface area contributed by atoms with Crippen LogP contribution in [0.5, 0.6) is 5.75 Å². The fraction of sp³-hybridized carbons (Fsp3) is 0.308. The van der Waals surface area contributed by atoms with Crippen LogP contribution < -0.4 is 15.8 Å². The van der Waals surface area contributed by atoms with Crippen molar-refractivity contribution in [3.63, 3.8) is 0 Å². The first-order chi connectivity index (χ1) is 17.0. The lowest BCUT2D eigenvalue weighted by Crippen LogP contribution is -2.31. The van der Waals surface area contributed by atoms with E-state index >= 15 is 0 Å². The van der Waals surface area contributed by atoms with E-state index in [2.05, 4.69) is 27.2 Å². The number of nitrogens with zero attached hydrogens (tertiary/aromatic N) is 5. The van der Waals surface area contributed by atoms with Crippen molar-refractivity contribution in [1.82, 2.24) is 30.0 Å². The van der Waals surface area contributed by atoms with Gasteiger partial charge in [0.2, 0.25) is 0 Å². The predicted molar refractivity (Wildman–Crippen MR) is 135 cm³/mol. The van der Waals surface area contributed by atoms with Crippen LogP contribution in [0.2, 0.25) is 0 Å². The number of ether oxygens (including phenoxy) is 1. The molecule has 4 aromatic rings. The summed E-state index contributed by atoms with van der Waals surface area (Å²) in [5, 5.41) is 8.70. The number of para-hydroxylation sites is 1. The number of nitrogens with two attached hydrogens (primary N) is 1. The SMILES string of the molecule is COc1ccccc1C(=O)NCc1ccc(-c2nn(C3CCN(C)CC3)c3ncnc(N)c23)cc1. The number of nitrogens with one attached hydrogen (secondary N) is 1. The molecule has 2 aromatic heterocycles. The Morgan fingerprint density at radius 1 is 1.11 bits per heavy atom. The van der Waals surface area contributed by atoms with Crippen LogP contribution in [0.1, 0.15) is 34.8 Å². The Kier molecular flexibility index (Phi) is 6.33. The fourth-order valence-corrected chi connectivity index (χ4v) is 4.58. The normalized spacial score (nSPS) is 14.8. The maximum absolute atomic E-state index is 12.6. The van der Waals surface area contributed by atoms with Gasteiger partial charge in [0.05, 0.1) is 24.1 Å². The number of likely N-dealkylation sites (tertiary alicyclic amines) is 1. The first kappa shape index (κ1) is 22.8. The lowest BCUT2D eigenvalue weighted by atomic mass is 10.1. The molecule has 0 aliphatic carbocycles. The molecule has 1 aliphatic heterocycles. The number of rotatable bonds is 6. The highest BCUT2D eigenvalue weighted by Crippen LogP contribution is 2.34. The number of benzene rings is 2. The summed E-state index contributed by atoms with van der Waals surface area (Å²) in [6.45, 7) is 2.45. The molecule has 3 N–H and O–H groups in total. The van der Waals surface area contributed by atoms with E-state index < -0.39 is 0 Å². The van der Waals surface area contributed by atoms with Crippen LogP contribution in [0, 0.1) is 0 Å². The number of hydrogen-bond acceptors (Lipinski definition) is 7. The van der Waals surface area contributed by atoms with Gasteiger partial charge < -0.3 is 20.7 Å². The van der Waals surface area contributed by atoms with E-state index in [9.17, 15) is 4.79 Å². The first-order valence-electron chi connectivity index (χ1n) is 11.7. The number of hydrogen-bond donors (Lipinski definition) is 2. The summed E-state index contributed by atoms with van der Waals surface area (Å²) in [6.07, 6.45) is 3.53. The second kappa shape index (κ2) is 9.71. The number of anilines is 1. The quantitative estimate of drug-likeness (QED) is 0.444. The summed E-state index contributed by atoms with van der Waals surface area (Å²) in [6, 6.07) is 15.4. The number of aromatic nitrogens is 4. The summed E-state index contributed by atoms with van der Waals surface area (Å²) >= 11 is 0. The molecular weight excluding hydrogens is 442 g/mol. The summed E-state index contributed by atoms with van der Waals surface area (Å²) in [4.78, 5) is 23.7. The van der Waals surface area contributed by atoms with Crippen molar-refractivity contribution in [2.24, 2.45) is 0 Å². The smallest absolute Gasteiger partial charge is 0.255 e. The Morgan fingerprint density at radius 3 is 2.60 bits per heavy atom. The number of carbonyl (C=O) groups excluding carboxylic acids is 1. The van der Waals surface area contributed by atoms with E-state index in [1.54, 1.807) is 19.2 Å². The molecule has 9 heteroatoms. The summed E-state index contributed by atoms with van der Waals surface area (Å²) in [7, 11) is 3.70. The maximum Gasteiger partial charge on any atom is 0.255 e. The van der Waals surface area contributed by atoms with Crippen molar-refractivity contribution in [3.8, 4) is 17.0 Å². The molecule has 180 valence electrons. The monoisotopic (exact) mass is 471 g/mol. The van der Waals surface area contributed by atoms with Crippen LogP contribution in [-0.4, -0.2) is 57.8 Å². The van der Waals surface area contributed by atoms with Gasteiger partial charge in [-0.05, 0) is 50.7 Å². The van der Waals surface area contributed by atoms with Crippen molar-refractivity contribution in [1.29, 1.82) is 0 Å². The number of amides is 1. The van der Waals surface area contributed by atoms with Crippen LogP contribution in [0.3, 0.4) is 0 Å². The van der Waals surface area contributed by atoms with Gasteiger partial charge in [-0.3, -0.25) is 4.79 Å². The Balaban J connectivity index is 1.38. The van der Waals surface area contributed by atoms with Crippen LogP contribution in [0.25, 0.3) is 22.3 Å². The average molecular weight is 472 g/mol. The Hall–Kier alpha value is -3.98. The van der Waals surface area contributed by atoms with Gasteiger partial charge >= 0.3 is 0 Å². The number of piperidine rings is 1. The second-order valence-corrected chi connectivity index (χ2v) is 8.87. The molecule has 9 nitrogen and oxygen atoms in total. The number of carbonyl (C=O) groups is 1. The lowest BCUT2D eigenvalue weighted by molar-refractivity contribution is 0.0948. The zero-order chi connectivity index (χ0) is 24.4. The predicted octanol–water partition coefficient (Wildman–Crippen LogP) is 3.28. The van der Waals surface area contributed by atoms with Crippen LogP contribution >= 0.6 is 0 Å². The van der Waals surface area contributed by atoms with E-state index in [1.807, 2.05) is 41.1 Å². The van der Waals surface area contributed by atoms with Gasteiger partial charge in [-0.25, -0.2) is 14.6 Å². The van der Waals surface area contributed by atoms with Crippen LogP contribution in [0.4, 0.5) is 5.82 Å². The number of nitrogen functional groups attached to an aromatic ring is 1. The molecule has 1 amide bonds. The number of fused-ring (bicyclic) bond motifs is 1. The minimum Gasteiger partial charge on any atom is -0.496 e. The molecule has 1 fully saturated rings. The molecule has 2 aromatic carbocycles. The molecule has 0 saturated carbocycles. The third kappa shape index (κ3) is 4.54. The average Bonchev–Trinajstić information content (AvgIpc) is 3.29. The first-order valence-corrected chi connectivity index (χ1v) is 11.7. The van der Waals surface area contributed by atoms with E-state index in [1.165, 1.54) is 6.33 Å². The van der Waals surface area contributed by atoms with Gasteiger partial charge in [0.1, 0.15) is 23.6 Å². The van der Waals surface area contributed by atoms with E-state index in [0.717, 1.165) is 53.8 Å². The van der Waals surface area contributed by atoms with Crippen molar-refractivity contribution in [2.75, 3.05) is 33.0 Å². The highest BCUT2D eigenvalue weighted by atomic mass is 16.5. The van der Waals surface area contributed by atoms with Crippen LogP contribution in [-0.2, 0) is 6.54 Å². The molecule has 1 aliphatic rings. The van der Waals surface area contributed by atoms with Gasteiger partial charge in [-0.15, -0.1) is 0 Å². The molecule has 0 atom stereocenters. The Bertz CT molecular complexity index is 1340. The molecular formula is C26H29N7O2. The second-order valence-electron chi connectivity index (χ2n) is 8.87. The minimum atomic E-state index is -0.181. The van der Waals surface area contributed by atoms with Gasteiger partial charge in [0.25, 0.3) is 5.91 Å². The van der Waals surface area contributed by atoms with Crippen molar-refractivity contribution >= 4 is 22.8 Å². The van der Waals surface area contributed by atoms with E-state index in [4.69, 9.17) is 15.6 Å². The zero-order valence-electron chi connectivity index (χ0n) is 19.9. The Labute approximate surface area is 203 Å².